The molecule has 0 aliphatic carbocycles. The van der Waals surface area contributed by atoms with Gasteiger partial charge in [-0.25, -0.2) is 25.2 Å². The fourth-order valence-corrected chi connectivity index (χ4v) is 8.05. The van der Waals surface area contributed by atoms with E-state index in [-0.39, 0.29) is 29.0 Å². The van der Waals surface area contributed by atoms with Crippen LogP contribution in [0.4, 0.5) is 0 Å². The molecule has 1 unspecified atom stereocenters. The van der Waals surface area contributed by atoms with E-state index < -0.39 is 52.6 Å². The highest BCUT2D eigenvalue weighted by Crippen LogP contribution is 2.43. The first-order valence-corrected chi connectivity index (χ1v) is 30.3. The van der Waals surface area contributed by atoms with Crippen molar-refractivity contribution in [1.82, 2.24) is 20.3 Å². The summed E-state index contributed by atoms with van der Waals surface area (Å²) in [6.07, 6.45) is 0. The number of hydrogen-bond acceptors (Lipinski definition) is 29. The Balaban J connectivity index is 0. The smallest absolute Gasteiger partial charge is 0.493 e. The lowest BCUT2D eigenvalue weighted by Gasteiger charge is -2.32. The van der Waals surface area contributed by atoms with Crippen LogP contribution in [-0.4, -0.2) is 194 Å². The molecule has 35 nitrogen and oxygen atoms in total. The molecular formula is C61H92BN9O26S2. The van der Waals surface area contributed by atoms with Gasteiger partial charge in [0.15, 0.2) is 57.9 Å². The highest BCUT2D eigenvalue weighted by Gasteiger charge is 2.51. The van der Waals surface area contributed by atoms with Crippen molar-refractivity contribution in [3.63, 3.8) is 0 Å². The van der Waals surface area contributed by atoms with Crippen LogP contribution >= 0.6 is 12.2 Å². The summed E-state index contributed by atoms with van der Waals surface area (Å²) in [4.78, 5) is 33.8. The number of ether oxygens (including phenoxy) is 13. The highest BCUT2D eigenvalue weighted by atomic mass is 32.3. The number of H-pyrrole nitrogens is 1. The van der Waals surface area contributed by atoms with Crippen LogP contribution in [0.15, 0.2) is 72.8 Å². The summed E-state index contributed by atoms with van der Waals surface area (Å²) in [6.45, 7) is 14.0. The maximum Gasteiger partial charge on any atom is 0.494 e. The van der Waals surface area contributed by atoms with Crippen LogP contribution in [0.2, 0.25) is 0 Å². The van der Waals surface area contributed by atoms with Gasteiger partial charge >= 0.3 is 29.5 Å². The van der Waals surface area contributed by atoms with E-state index >= 15 is 0 Å². The second-order valence-electron chi connectivity index (χ2n) is 19.4. The highest BCUT2D eigenvalue weighted by molar-refractivity contribution is 7.79. The molecule has 5 aromatic carbocycles. The number of nitrogens with zero attached hydrogens (tertiary/aromatic N) is 3. The largest absolute Gasteiger partial charge is 0.494 e. The number of aromatic amines is 1. The van der Waals surface area contributed by atoms with Crippen molar-refractivity contribution in [3.8, 4) is 86.5 Å². The molecule has 2 heterocycles. The third-order valence-corrected chi connectivity index (χ3v) is 13.2. The van der Waals surface area contributed by atoms with E-state index in [1.807, 2.05) is 57.4 Å². The number of methoxy groups -OCH3 is 12. The number of aliphatic hydroxyl groups excluding tert-OH is 2. The molecule has 1 amide bonds. The molecule has 1 fully saturated rings. The molecule has 1 saturated heterocycles. The molecule has 6 aromatic rings. The van der Waals surface area contributed by atoms with Crippen LogP contribution in [0.25, 0.3) is 11.4 Å². The number of nitrogens with one attached hydrogen (secondary N) is 3. The Morgan fingerprint density at radius 1 is 0.626 bits per heavy atom. The zero-order valence-corrected chi connectivity index (χ0v) is 60.1. The quantitative estimate of drug-likeness (QED) is 0.00885. The molecule has 16 N–H and O–H groups in total. The third kappa shape index (κ3) is 27.3. The van der Waals surface area contributed by atoms with Crippen molar-refractivity contribution in [1.29, 1.82) is 5.26 Å². The Morgan fingerprint density at radius 2 is 0.939 bits per heavy atom. The monoisotopic (exact) mass is 1440 g/mol. The van der Waals surface area contributed by atoms with Gasteiger partial charge in [0.1, 0.15) is 0 Å². The summed E-state index contributed by atoms with van der Waals surface area (Å²) in [5.74, 6) is 16.5. The molecule has 0 radical (unpaired) electrons. The molecule has 552 valence electrons. The number of nitriles is 1. The molecule has 0 saturated carbocycles. The molecule has 7 rings (SSSR count). The average molecular weight is 1440 g/mol. The van der Waals surface area contributed by atoms with Crippen LogP contribution in [0.5, 0.6) is 69.0 Å². The molecule has 99 heavy (non-hydrogen) atoms. The van der Waals surface area contributed by atoms with Crippen molar-refractivity contribution in [2.24, 2.45) is 17.5 Å². The van der Waals surface area contributed by atoms with E-state index in [2.05, 4.69) is 33.4 Å². The fourth-order valence-electron chi connectivity index (χ4n) is 7.87. The number of esters is 1. The molecule has 1 aliphatic heterocycles. The number of aromatic carboxylic acids is 1. The first-order valence-electron chi connectivity index (χ1n) is 28.5. The summed E-state index contributed by atoms with van der Waals surface area (Å²) < 4.78 is 113. The number of aromatic nitrogens is 3. The molecule has 1 aliphatic rings. The van der Waals surface area contributed by atoms with Crippen LogP contribution in [0.3, 0.4) is 0 Å². The molecule has 1 atom stereocenters. The normalized spacial score (nSPS) is 11.9. The van der Waals surface area contributed by atoms with Crippen molar-refractivity contribution >= 4 is 53.0 Å². The van der Waals surface area contributed by atoms with Gasteiger partial charge in [-0.05, 0) is 120 Å². The van der Waals surface area contributed by atoms with Gasteiger partial charge in [0.25, 0.3) is 5.91 Å². The number of amides is 1. The number of carboxylic acid groups (broad SMARTS) is 1. The fraction of sp³-hybridized carbons (Fsp3) is 0.410. The van der Waals surface area contributed by atoms with Gasteiger partial charge < -0.3 is 91.7 Å². The number of aliphatic hydroxyl groups is 2. The molecule has 1 aromatic heterocycles. The van der Waals surface area contributed by atoms with Crippen molar-refractivity contribution in [2.75, 3.05) is 111 Å². The van der Waals surface area contributed by atoms with Gasteiger partial charge in [0, 0.05) is 24.3 Å². The van der Waals surface area contributed by atoms with Crippen LogP contribution in [0.1, 0.15) is 91.1 Å². The molecule has 38 heteroatoms. The number of hydrogen-bond donors (Lipinski definition) is 11. The molecule has 0 bridgehead atoms. The Bertz CT molecular complexity index is 3540. The number of benzene rings is 5. The van der Waals surface area contributed by atoms with Gasteiger partial charge in [-0.2, -0.15) is 18.8 Å². The summed E-state index contributed by atoms with van der Waals surface area (Å²) >= 11 is 5.45. The Labute approximate surface area is 580 Å². The Morgan fingerprint density at radius 3 is 1.22 bits per heavy atom. The zero-order chi connectivity index (χ0) is 75.3. The summed E-state index contributed by atoms with van der Waals surface area (Å²) in [6, 6.07) is 21.5. The van der Waals surface area contributed by atoms with E-state index in [1.54, 1.807) is 49.7 Å². The Kier molecular flexibility index (Phi) is 42.3. The SMILES string of the molecule is CCO.CCO.CCOC(=O)c1cc(OC)c(OC)c(OC)c1.COc1cc(-c2n[nH]c(=S)n2NC(C#N)c2ccc(B3OC(C)(C)C(C)(C)O3)cc2)cc(OC)c1OC.COc1cc(C(=O)NN)cc(OC)c1OC.COc1cc(C(=O)O)cc(OC)c1OC.NN.O.O=S(=O)(O)O. The minimum Gasteiger partial charge on any atom is -0.493 e. The second kappa shape index (κ2) is 45.8. The van der Waals surface area contributed by atoms with E-state index in [0.29, 0.717) is 98.1 Å². The van der Waals surface area contributed by atoms with Crippen molar-refractivity contribution < 1.29 is 124 Å². The van der Waals surface area contributed by atoms with Gasteiger partial charge in [0.2, 0.25) is 27.8 Å². The number of hydrazine groups is 2. The lowest BCUT2D eigenvalue weighted by Crippen LogP contribution is -2.41. The zero-order valence-electron chi connectivity index (χ0n) is 58.5. The first-order chi connectivity index (χ1) is 46.4. The maximum absolute atomic E-state index is 11.6. The number of nitrogen functional groups attached to an aromatic ring is 1. The third-order valence-electron chi connectivity index (χ3n) is 12.9. The number of rotatable bonds is 21. The number of carboxylic acids is 1. The standard InChI is InChI=1S/C25H30BN5O5S.C12H16O5.C10H14N2O4.C10H12O5.2C2H6O.H4N2.H2O4S.H2O/c1-24(2)25(3,4)36-26(35-24)17-10-8-15(9-11-17)18(14-27)30-31-22(28-29-23(31)37)16-12-19(32-5)21(34-7)20(13-16)33-6;1-5-17-12(13)8-6-9(14-2)11(16-4)10(7-8)15-3;1-14-7-4-6(10(13)12-11)5-8(15-2)9(7)16-3;1-13-7-4-6(10(11)12)5-8(14-2)9(7)15-3;2*1-2-3;1-2;1-5(2,3)4;/h8-13,18,30H,1-7H3,(H,29,37);6-7H,5H2,1-4H3;4-5H,11H2,1-3H3,(H,12,13);4-5H,1-3H3,(H,11,12);2*3H,2H2,1H3;1-2H2;(H2,1,2,3,4);1H2. The van der Waals surface area contributed by atoms with Gasteiger partial charge in [-0.15, -0.1) is 0 Å². The number of carbonyl (C=O) groups excluding carboxylic acids is 2. The summed E-state index contributed by atoms with van der Waals surface area (Å²) in [7, 11) is 12.7. The summed E-state index contributed by atoms with van der Waals surface area (Å²) in [5, 5.41) is 41.1. The van der Waals surface area contributed by atoms with Crippen molar-refractivity contribution in [2.45, 2.75) is 65.7 Å². The van der Waals surface area contributed by atoms with E-state index in [9.17, 15) is 19.6 Å². The van der Waals surface area contributed by atoms with E-state index in [1.165, 1.54) is 110 Å². The molecular weight excluding hydrogens is 1350 g/mol. The van der Waals surface area contributed by atoms with Gasteiger partial charge in [-0.3, -0.25) is 36.4 Å². The van der Waals surface area contributed by atoms with E-state index in [0.717, 1.165) is 11.0 Å². The average Bonchev–Trinajstić information content (AvgIpc) is 1.65. The minimum absolute atomic E-state index is 0. The first kappa shape index (κ1) is 91.4. The predicted molar refractivity (Wildman–Crippen MR) is 367 cm³/mol. The Hall–Kier alpha value is -9.63. The van der Waals surface area contributed by atoms with Crippen molar-refractivity contribution in [3.05, 3.63) is 99.8 Å². The number of nitrogens with two attached hydrogens (primary N) is 3. The predicted octanol–water partition coefficient (Wildman–Crippen LogP) is 4.70. The van der Waals surface area contributed by atoms with Crippen LogP contribution in [0, 0.1) is 16.1 Å². The minimum atomic E-state index is -4.67. The molecule has 0 spiro atoms. The maximum atomic E-state index is 11.6. The topological polar surface area (TPSA) is 516 Å². The lowest BCUT2D eigenvalue weighted by atomic mass is 9.78. The van der Waals surface area contributed by atoms with Crippen LogP contribution < -0.4 is 90.7 Å². The lowest BCUT2D eigenvalue weighted by molar-refractivity contribution is 0.00578. The van der Waals surface area contributed by atoms with Gasteiger partial charge in [0.05, 0.1) is 120 Å². The summed E-state index contributed by atoms with van der Waals surface area (Å²) in [5.41, 5.74) is 7.35. The van der Waals surface area contributed by atoms with Crippen LogP contribution in [-0.2, 0) is 24.4 Å². The second-order valence-corrected chi connectivity index (χ2v) is 20.7. The van der Waals surface area contributed by atoms with Gasteiger partial charge in [-0.1, -0.05) is 24.3 Å². The van der Waals surface area contributed by atoms with E-state index in [4.69, 9.17) is 122 Å². The number of carbonyl (C=O) groups is 3.